The van der Waals surface area contributed by atoms with E-state index in [4.69, 9.17) is 9.84 Å². The number of hydrogen-bond acceptors (Lipinski definition) is 4. The number of hydrogen-bond donors (Lipinski definition) is 3. The molecule has 0 aliphatic heterocycles. The smallest absolute Gasteiger partial charge is 0.326 e. The summed E-state index contributed by atoms with van der Waals surface area (Å²) in [5.74, 6) is 0.394. The van der Waals surface area contributed by atoms with Crippen LogP contribution in [0.5, 0.6) is 5.75 Å². The van der Waals surface area contributed by atoms with Crippen molar-refractivity contribution in [1.29, 1.82) is 0 Å². The van der Waals surface area contributed by atoms with Crippen molar-refractivity contribution < 1.29 is 19.4 Å². The van der Waals surface area contributed by atoms with E-state index < -0.39 is 18.0 Å². The van der Waals surface area contributed by atoms with Crippen LogP contribution in [0.2, 0.25) is 0 Å². The zero-order valence-electron chi connectivity index (χ0n) is 12.1. The molecule has 0 saturated carbocycles. The third-order valence-corrected chi connectivity index (χ3v) is 3.47. The molecule has 0 fully saturated rings. The van der Waals surface area contributed by atoms with E-state index in [1.165, 1.54) is 0 Å². The van der Waals surface area contributed by atoms with Gasteiger partial charge in [-0.25, -0.2) is 9.59 Å². The minimum absolute atomic E-state index is 0.324. The highest BCUT2D eigenvalue weighted by molar-refractivity contribution is 7.98. The monoisotopic (exact) mass is 312 g/mol. The molecule has 0 aliphatic carbocycles. The summed E-state index contributed by atoms with van der Waals surface area (Å²) in [5, 5.41) is 14.1. The van der Waals surface area contributed by atoms with E-state index in [0.29, 0.717) is 18.7 Å². The van der Waals surface area contributed by atoms with Gasteiger partial charge in [-0.2, -0.15) is 11.8 Å². The Balaban J connectivity index is 2.42. The maximum Gasteiger partial charge on any atom is 0.326 e. The lowest BCUT2D eigenvalue weighted by Gasteiger charge is -2.14. The van der Waals surface area contributed by atoms with Crippen LogP contribution in [0.1, 0.15) is 12.0 Å². The molecular weight excluding hydrogens is 292 g/mol. The summed E-state index contributed by atoms with van der Waals surface area (Å²) in [6.07, 6.45) is 2.29. The van der Waals surface area contributed by atoms with Crippen LogP contribution in [0.3, 0.4) is 0 Å². The van der Waals surface area contributed by atoms with Crippen LogP contribution in [0.15, 0.2) is 24.3 Å². The van der Waals surface area contributed by atoms with Crippen LogP contribution in [-0.4, -0.2) is 42.3 Å². The highest BCUT2D eigenvalue weighted by Gasteiger charge is 2.18. The van der Waals surface area contributed by atoms with Gasteiger partial charge in [-0.15, -0.1) is 0 Å². The molecule has 3 N–H and O–H groups in total. The Morgan fingerprint density at radius 3 is 2.52 bits per heavy atom. The van der Waals surface area contributed by atoms with Crippen LogP contribution >= 0.6 is 11.8 Å². The molecule has 0 unspecified atom stereocenters. The number of carbonyl (C=O) groups excluding carboxylic acids is 1. The first-order chi connectivity index (χ1) is 10.1. The second kappa shape index (κ2) is 9.12. The van der Waals surface area contributed by atoms with Gasteiger partial charge < -0.3 is 20.5 Å². The fourth-order valence-corrected chi connectivity index (χ4v) is 2.10. The average Bonchev–Trinajstić information content (AvgIpc) is 2.49. The molecule has 1 atom stereocenters. The number of thioether (sulfide) groups is 1. The summed E-state index contributed by atoms with van der Waals surface area (Å²) in [7, 11) is 1.58. The minimum atomic E-state index is -1.02. The maximum absolute atomic E-state index is 11.7. The SMILES string of the molecule is COc1ccc(CNC(=O)N[C@H](CCSC)C(=O)O)cc1. The normalized spacial score (nSPS) is 11.5. The Morgan fingerprint density at radius 1 is 1.33 bits per heavy atom. The number of rotatable bonds is 8. The van der Waals surface area contributed by atoms with Gasteiger partial charge in [0.2, 0.25) is 0 Å². The van der Waals surface area contributed by atoms with E-state index in [9.17, 15) is 9.59 Å². The largest absolute Gasteiger partial charge is 0.497 e. The first kappa shape index (κ1) is 17.2. The topological polar surface area (TPSA) is 87.7 Å². The van der Waals surface area contributed by atoms with Gasteiger partial charge in [0, 0.05) is 6.54 Å². The van der Waals surface area contributed by atoms with Crippen LogP contribution in [0.25, 0.3) is 0 Å². The molecule has 6 nitrogen and oxygen atoms in total. The summed E-state index contributed by atoms with van der Waals surface area (Å²) in [6.45, 7) is 0.324. The molecule has 1 aromatic rings. The number of benzene rings is 1. The molecule has 2 amide bonds. The van der Waals surface area contributed by atoms with Crippen molar-refractivity contribution in [3.63, 3.8) is 0 Å². The maximum atomic E-state index is 11.7. The second-order valence-corrected chi connectivity index (χ2v) is 5.33. The molecule has 21 heavy (non-hydrogen) atoms. The Morgan fingerprint density at radius 2 is 2.00 bits per heavy atom. The van der Waals surface area contributed by atoms with Crippen molar-refractivity contribution in [2.45, 2.75) is 19.0 Å². The molecule has 116 valence electrons. The van der Waals surface area contributed by atoms with E-state index in [1.54, 1.807) is 31.0 Å². The van der Waals surface area contributed by atoms with Crippen molar-refractivity contribution in [1.82, 2.24) is 10.6 Å². The number of nitrogens with one attached hydrogen (secondary N) is 2. The van der Waals surface area contributed by atoms with E-state index >= 15 is 0 Å². The summed E-state index contributed by atoms with van der Waals surface area (Å²) < 4.78 is 5.04. The summed E-state index contributed by atoms with van der Waals surface area (Å²) >= 11 is 1.54. The lowest BCUT2D eigenvalue weighted by molar-refractivity contribution is -0.139. The van der Waals surface area contributed by atoms with Crippen LogP contribution in [-0.2, 0) is 11.3 Å². The van der Waals surface area contributed by atoms with Gasteiger partial charge in [0.05, 0.1) is 7.11 Å². The van der Waals surface area contributed by atoms with E-state index in [0.717, 1.165) is 11.3 Å². The Bertz CT molecular complexity index is 465. The first-order valence-electron chi connectivity index (χ1n) is 6.46. The fourth-order valence-electron chi connectivity index (χ4n) is 1.63. The quantitative estimate of drug-likeness (QED) is 0.680. The lowest BCUT2D eigenvalue weighted by atomic mass is 10.2. The van der Waals surface area contributed by atoms with Crippen molar-refractivity contribution in [3.8, 4) is 5.75 Å². The first-order valence-corrected chi connectivity index (χ1v) is 7.85. The molecule has 7 heteroatoms. The van der Waals surface area contributed by atoms with Gasteiger partial charge >= 0.3 is 12.0 Å². The molecular formula is C14H20N2O4S. The van der Waals surface area contributed by atoms with Crippen LogP contribution < -0.4 is 15.4 Å². The molecule has 1 aromatic carbocycles. The Kier molecular flexibility index (Phi) is 7.45. The van der Waals surface area contributed by atoms with Crippen molar-refractivity contribution >= 4 is 23.8 Å². The van der Waals surface area contributed by atoms with Crippen molar-refractivity contribution in [3.05, 3.63) is 29.8 Å². The molecule has 0 saturated heterocycles. The molecule has 0 aromatic heterocycles. The molecule has 0 spiro atoms. The van der Waals surface area contributed by atoms with Crippen molar-refractivity contribution in [2.75, 3.05) is 19.1 Å². The summed E-state index contributed by atoms with van der Waals surface area (Å²) in [6, 6.07) is 5.91. The zero-order chi connectivity index (χ0) is 15.7. The number of carboxylic acid groups (broad SMARTS) is 1. The number of aliphatic carboxylic acids is 1. The highest BCUT2D eigenvalue weighted by Crippen LogP contribution is 2.10. The number of methoxy groups -OCH3 is 1. The van der Waals surface area contributed by atoms with Gasteiger partial charge in [0.15, 0.2) is 0 Å². The predicted octanol–water partition coefficient (Wildman–Crippen LogP) is 1.70. The number of carbonyl (C=O) groups is 2. The van der Waals surface area contributed by atoms with E-state index in [-0.39, 0.29) is 0 Å². The number of urea groups is 1. The molecule has 1 rings (SSSR count). The lowest BCUT2D eigenvalue weighted by Crippen LogP contribution is -2.46. The minimum Gasteiger partial charge on any atom is -0.497 e. The number of carboxylic acids is 1. The van der Waals surface area contributed by atoms with E-state index in [1.807, 2.05) is 18.4 Å². The van der Waals surface area contributed by atoms with Gasteiger partial charge in [-0.1, -0.05) is 12.1 Å². The number of ether oxygens (including phenoxy) is 1. The predicted molar refractivity (Wildman–Crippen MR) is 82.8 cm³/mol. The van der Waals surface area contributed by atoms with Gasteiger partial charge in [0.1, 0.15) is 11.8 Å². The van der Waals surface area contributed by atoms with Gasteiger partial charge in [0.25, 0.3) is 0 Å². The third kappa shape index (κ3) is 6.40. The highest BCUT2D eigenvalue weighted by atomic mass is 32.2. The summed E-state index contributed by atoms with van der Waals surface area (Å²) in [4.78, 5) is 22.7. The molecule has 0 aliphatic rings. The standard InChI is InChI=1S/C14H20N2O4S/c1-20-11-5-3-10(4-6-11)9-15-14(19)16-12(13(17)18)7-8-21-2/h3-6,12H,7-9H2,1-2H3,(H,17,18)(H2,15,16,19)/t12-/m1/s1. The molecule has 0 heterocycles. The Labute approximate surface area is 128 Å². The zero-order valence-corrected chi connectivity index (χ0v) is 12.9. The molecule has 0 radical (unpaired) electrons. The summed E-state index contributed by atoms with van der Waals surface area (Å²) in [5.41, 5.74) is 0.905. The number of amides is 2. The Hall–Kier alpha value is -1.89. The van der Waals surface area contributed by atoms with Gasteiger partial charge in [-0.05, 0) is 36.1 Å². The third-order valence-electron chi connectivity index (χ3n) is 2.83. The molecule has 0 bridgehead atoms. The fraction of sp³-hybridized carbons (Fsp3) is 0.429. The van der Waals surface area contributed by atoms with E-state index in [2.05, 4.69) is 10.6 Å². The van der Waals surface area contributed by atoms with Crippen molar-refractivity contribution in [2.24, 2.45) is 0 Å². The second-order valence-electron chi connectivity index (χ2n) is 4.35. The van der Waals surface area contributed by atoms with Crippen LogP contribution in [0, 0.1) is 0 Å². The van der Waals surface area contributed by atoms with Gasteiger partial charge in [-0.3, -0.25) is 0 Å². The van der Waals surface area contributed by atoms with Crippen LogP contribution in [0.4, 0.5) is 4.79 Å². The average molecular weight is 312 g/mol.